The van der Waals surface area contributed by atoms with Gasteiger partial charge in [-0.25, -0.2) is 9.78 Å². The first-order chi connectivity index (χ1) is 14.9. The number of carbonyl (C=O) groups is 1. The second kappa shape index (κ2) is 9.80. The van der Waals surface area contributed by atoms with Crippen molar-refractivity contribution in [2.45, 2.75) is 13.0 Å². The van der Waals surface area contributed by atoms with Gasteiger partial charge < -0.3 is 14.8 Å². The molecule has 31 heavy (non-hydrogen) atoms. The molecular formula is C21H20Cl2N4O4. The average molecular weight is 463 g/mol. The molecule has 8 nitrogen and oxygen atoms in total. The first-order valence-corrected chi connectivity index (χ1v) is 10.1. The van der Waals surface area contributed by atoms with Gasteiger partial charge in [-0.1, -0.05) is 35.3 Å². The fourth-order valence-corrected chi connectivity index (χ4v) is 3.60. The number of carbonyl (C=O) groups excluding carboxylic acids is 1. The lowest BCUT2D eigenvalue weighted by Gasteiger charge is -2.23. The molecular weight excluding hydrogens is 443 g/mol. The molecule has 10 heteroatoms. The van der Waals surface area contributed by atoms with Gasteiger partial charge >= 0.3 is 5.97 Å². The highest BCUT2D eigenvalue weighted by molar-refractivity contribution is 6.36. The molecule has 2 aromatic heterocycles. The van der Waals surface area contributed by atoms with Crippen LogP contribution in [-0.4, -0.2) is 34.2 Å². The molecule has 0 aliphatic rings. The topological polar surface area (TPSA) is 95.3 Å². The van der Waals surface area contributed by atoms with Crippen molar-refractivity contribution in [2.75, 3.05) is 19.0 Å². The zero-order chi connectivity index (χ0) is 22.5. The molecule has 2 heterocycles. The lowest BCUT2D eigenvalue weighted by atomic mass is 10.0. The Morgan fingerprint density at radius 2 is 1.90 bits per heavy atom. The number of esters is 1. The Morgan fingerprint density at radius 1 is 1.19 bits per heavy atom. The summed E-state index contributed by atoms with van der Waals surface area (Å²) in [6, 6.07) is 9.83. The number of hydrogen-bond donors (Lipinski definition) is 1. The molecule has 0 saturated heterocycles. The van der Waals surface area contributed by atoms with Crippen molar-refractivity contribution < 1.29 is 14.3 Å². The molecule has 0 radical (unpaired) electrons. The van der Waals surface area contributed by atoms with E-state index in [9.17, 15) is 9.59 Å². The minimum absolute atomic E-state index is 0.0838. The zero-order valence-corrected chi connectivity index (χ0v) is 18.6. The van der Waals surface area contributed by atoms with Crippen molar-refractivity contribution in [3.05, 3.63) is 79.9 Å². The number of halogens is 2. The van der Waals surface area contributed by atoms with Gasteiger partial charge in [0.05, 0.1) is 25.5 Å². The van der Waals surface area contributed by atoms with E-state index < -0.39 is 17.6 Å². The third kappa shape index (κ3) is 4.65. The molecule has 0 saturated carbocycles. The smallest absolute Gasteiger partial charge is 0.361 e. The van der Waals surface area contributed by atoms with Crippen molar-refractivity contribution >= 4 is 35.1 Å². The summed E-state index contributed by atoms with van der Waals surface area (Å²) in [6.07, 6.45) is 1.62. The van der Waals surface area contributed by atoms with E-state index in [0.717, 1.165) is 0 Å². The summed E-state index contributed by atoms with van der Waals surface area (Å²) in [6.45, 7) is 1.77. The predicted octanol–water partition coefficient (Wildman–Crippen LogP) is 3.87. The molecule has 1 N–H and O–H groups in total. The number of pyridine rings is 1. The van der Waals surface area contributed by atoms with E-state index in [0.29, 0.717) is 21.3 Å². The molecule has 162 valence electrons. The van der Waals surface area contributed by atoms with Crippen LogP contribution in [0.15, 0.2) is 47.4 Å². The Balaban J connectivity index is 2.18. The Hall–Kier alpha value is -3.10. The first-order valence-electron chi connectivity index (χ1n) is 9.32. The Morgan fingerprint density at radius 3 is 2.48 bits per heavy atom. The quantitative estimate of drug-likeness (QED) is 0.532. The van der Waals surface area contributed by atoms with E-state index in [2.05, 4.69) is 15.3 Å². The molecule has 1 aromatic carbocycles. The number of anilines is 1. The Kier molecular flexibility index (Phi) is 7.14. The van der Waals surface area contributed by atoms with Crippen LogP contribution < -0.4 is 15.6 Å². The van der Waals surface area contributed by atoms with E-state index in [1.54, 1.807) is 43.5 Å². The van der Waals surface area contributed by atoms with Crippen LogP contribution in [0.5, 0.6) is 5.75 Å². The fourth-order valence-electron chi connectivity index (χ4n) is 2.99. The van der Waals surface area contributed by atoms with E-state index in [1.165, 1.54) is 18.7 Å². The van der Waals surface area contributed by atoms with Crippen LogP contribution in [0.3, 0.4) is 0 Å². The fraction of sp³-hybridized carbons (Fsp3) is 0.238. The van der Waals surface area contributed by atoms with Crippen LogP contribution in [0.4, 0.5) is 5.95 Å². The number of benzene rings is 1. The second-order valence-electron chi connectivity index (χ2n) is 6.37. The SMILES string of the molecule is CCOC(=O)c1nc(NC(c2ccccn2)c2c(Cl)cccc2Cl)n(C)c(=O)c1OC. The van der Waals surface area contributed by atoms with Crippen LogP contribution in [0.25, 0.3) is 0 Å². The predicted molar refractivity (Wildman–Crippen MR) is 118 cm³/mol. The molecule has 0 spiro atoms. The van der Waals surface area contributed by atoms with Crippen molar-refractivity contribution in [1.82, 2.24) is 14.5 Å². The van der Waals surface area contributed by atoms with Gasteiger partial charge in [-0.05, 0) is 31.2 Å². The zero-order valence-electron chi connectivity index (χ0n) is 17.1. The summed E-state index contributed by atoms with van der Waals surface area (Å²) >= 11 is 12.9. The van der Waals surface area contributed by atoms with Gasteiger partial charge in [-0.15, -0.1) is 0 Å². The van der Waals surface area contributed by atoms with Crippen molar-refractivity contribution in [3.63, 3.8) is 0 Å². The molecule has 1 unspecified atom stereocenters. The number of hydrogen-bond acceptors (Lipinski definition) is 7. The maximum absolute atomic E-state index is 12.8. The van der Waals surface area contributed by atoms with Crippen LogP contribution in [0, 0.1) is 0 Å². The number of aromatic nitrogens is 3. The van der Waals surface area contributed by atoms with Gasteiger partial charge in [-0.2, -0.15) is 0 Å². The number of rotatable bonds is 7. The highest BCUT2D eigenvalue weighted by Gasteiger charge is 2.26. The monoisotopic (exact) mass is 462 g/mol. The van der Waals surface area contributed by atoms with Crippen LogP contribution in [0.2, 0.25) is 10.0 Å². The highest BCUT2D eigenvalue weighted by Crippen LogP contribution is 2.35. The van der Waals surface area contributed by atoms with E-state index in [1.807, 2.05) is 6.07 Å². The average Bonchev–Trinajstić information content (AvgIpc) is 2.76. The lowest BCUT2D eigenvalue weighted by Crippen LogP contribution is -2.29. The largest absolute Gasteiger partial charge is 0.489 e. The summed E-state index contributed by atoms with van der Waals surface area (Å²) in [5.41, 5.74) is 0.334. The number of ether oxygens (including phenoxy) is 2. The molecule has 0 amide bonds. The summed E-state index contributed by atoms with van der Waals surface area (Å²) in [5, 5.41) is 3.95. The summed E-state index contributed by atoms with van der Waals surface area (Å²) in [7, 11) is 2.78. The minimum atomic E-state index is -0.773. The second-order valence-corrected chi connectivity index (χ2v) is 7.18. The van der Waals surface area contributed by atoms with Gasteiger partial charge in [0.2, 0.25) is 11.7 Å². The maximum atomic E-state index is 12.8. The van der Waals surface area contributed by atoms with E-state index >= 15 is 0 Å². The number of methoxy groups -OCH3 is 1. The minimum Gasteiger partial charge on any atom is -0.489 e. The molecule has 0 bridgehead atoms. The molecule has 0 aliphatic heterocycles. The number of nitrogens with zero attached hydrogens (tertiary/aromatic N) is 3. The van der Waals surface area contributed by atoms with Gasteiger partial charge in [0.15, 0.2) is 5.69 Å². The molecule has 0 aliphatic carbocycles. The summed E-state index contributed by atoms with van der Waals surface area (Å²) < 4.78 is 11.4. The lowest BCUT2D eigenvalue weighted by molar-refractivity contribution is 0.0514. The summed E-state index contributed by atoms with van der Waals surface area (Å²) in [4.78, 5) is 33.9. The van der Waals surface area contributed by atoms with Crippen molar-refractivity contribution in [1.29, 1.82) is 0 Å². The molecule has 1 atom stereocenters. The van der Waals surface area contributed by atoms with Gasteiger partial charge in [0, 0.05) is 28.9 Å². The highest BCUT2D eigenvalue weighted by atomic mass is 35.5. The first kappa shape index (κ1) is 22.6. The maximum Gasteiger partial charge on any atom is 0.361 e. The van der Waals surface area contributed by atoms with Crippen molar-refractivity contribution in [3.8, 4) is 5.75 Å². The third-order valence-electron chi connectivity index (χ3n) is 4.47. The molecule has 3 rings (SSSR count). The summed E-state index contributed by atoms with van der Waals surface area (Å²) in [5.74, 6) is -0.901. The van der Waals surface area contributed by atoms with Gasteiger partial charge in [0.25, 0.3) is 5.56 Å². The molecule has 0 fully saturated rings. The van der Waals surface area contributed by atoms with E-state index in [4.69, 9.17) is 32.7 Å². The van der Waals surface area contributed by atoms with E-state index in [-0.39, 0.29) is 24.0 Å². The van der Waals surface area contributed by atoms with Crippen molar-refractivity contribution in [2.24, 2.45) is 7.05 Å². The Labute approximate surface area is 188 Å². The van der Waals surface area contributed by atoms with Crippen LogP contribution in [0.1, 0.15) is 34.7 Å². The van der Waals surface area contributed by atoms with Crippen LogP contribution >= 0.6 is 23.2 Å². The van der Waals surface area contributed by atoms with Crippen LogP contribution in [-0.2, 0) is 11.8 Å². The third-order valence-corrected chi connectivity index (χ3v) is 5.13. The van der Waals surface area contributed by atoms with Gasteiger partial charge in [-0.3, -0.25) is 14.3 Å². The molecule has 3 aromatic rings. The number of nitrogens with one attached hydrogen (secondary N) is 1. The van der Waals surface area contributed by atoms with Gasteiger partial charge in [0.1, 0.15) is 0 Å². The Bertz CT molecular complexity index is 1130. The normalized spacial score (nSPS) is 11.6. The standard InChI is InChI=1S/C21H20Cl2N4O4/c1-4-31-20(29)17-18(30-3)19(28)27(2)21(26-17)25-16(14-10-5-6-11-24-14)15-12(22)8-7-9-13(15)23/h5-11,16H,4H2,1-3H3,(H,25,26).